The number of fused-ring (bicyclic) bond motifs is 1. The highest BCUT2D eigenvalue weighted by Crippen LogP contribution is 2.22. The van der Waals surface area contributed by atoms with Crippen LogP contribution in [0.1, 0.15) is 24.0 Å². The summed E-state index contributed by atoms with van der Waals surface area (Å²) in [5.74, 6) is 0.228. The number of aliphatic hydroxyl groups excluding tert-OH is 1. The summed E-state index contributed by atoms with van der Waals surface area (Å²) in [4.78, 5) is 14.1. The molecule has 1 aliphatic rings. The predicted molar refractivity (Wildman–Crippen MR) is 96.1 cm³/mol. The van der Waals surface area contributed by atoms with Gasteiger partial charge < -0.3 is 19.9 Å². The van der Waals surface area contributed by atoms with E-state index in [1.54, 1.807) is 0 Å². The molecule has 0 aliphatic carbocycles. The Hall–Kier alpha value is -2.01. The molecule has 24 heavy (non-hydrogen) atoms. The molecule has 1 atom stereocenters. The van der Waals surface area contributed by atoms with Crippen molar-refractivity contribution in [1.29, 1.82) is 0 Å². The second-order valence-electron chi connectivity index (χ2n) is 6.90. The number of likely N-dealkylation sites (tertiary alicyclic amines) is 1. The lowest BCUT2D eigenvalue weighted by Gasteiger charge is -2.31. The zero-order valence-electron chi connectivity index (χ0n) is 14.6. The Bertz CT molecular complexity index is 723. The third-order valence-corrected chi connectivity index (χ3v) is 4.96. The minimum absolute atomic E-state index is 0.00997. The van der Waals surface area contributed by atoms with Crippen molar-refractivity contribution in [2.24, 2.45) is 13.0 Å². The maximum atomic E-state index is 12.3. The molecule has 2 N–H and O–H groups in total. The van der Waals surface area contributed by atoms with E-state index < -0.39 is 0 Å². The van der Waals surface area contributed by atoms with Crippen LogP contribution in [0, 0.1) is 12.8 Å². The summed E-state index contributed by atoms with van der Waals surface area (Å²) in [7, 11) is 2.06. The Balaban J connectivity index is 1.57. The van der Waals surface area contributed by atoms with Crippen molar-refractivity contribution in [3.63, 3.8) is 0 Å². The number of carbonyl (C=O) groups is 1. The van der Waals surface area contributed by atoms with Crippen molar-refractivity contribution in [1.82, 2.24) is 14.8 Å². The van der Waals surface area contributed by atoms with Crippen molar-refractivity contribution in [3.05, 3.63) is 35.5 Å². The molecule has 1 saturated heterocycles. The van der Waals surface area contributed by atoms with E-state index in [4.69, 9.17) is 0 Å². The molecule has 0 saturated carbocycles. The van der Waals surface area contributed by atoms with Gasteiger partial charge >= 0.3 is 6.03 Å². The van der Waals surface area contributed by atoms with Gasteiger partial charge in [-0.25, -0.2) is 4.79 Å². The zero-order chi connectivity index (χ0) is 17.1. The van der Waals surface area contributed by atoms with Gasteiger partial charge in [0.1, 0.15) is 0 Å². The van der Waals surface area contributed by atoms with Crippen LogP contribution in [0.2, 0.25) is 0 Å². The summed E-state index contributed by atoms with van der Waals surface area (Å²) in [5, 5.41) is 13.6. The summed E-state index contributed by atoms with van der Waals surface area (Å²) in [6, 6.07) is 6.48. The molecule has 2 aromatic rings. The largest absolute Gasteiger partial charge is 0.396 e. The monoisotopic (exact) mass is 329 g/mol. The van der Waals surface area contributed by atoms with Gasteiger partial charge in [0, 0.05) is 50.4 Å². The Morgan fingerprint density at radius 2 is 2.25 bits per heavy atom. The minimum atomic E-state index is -0.00997. The molecule has 0 spiro atoms. The number of carbonyl (C=O) groups excluding carboxylic acids is 1. The number of hydrogen-bond donors (Lipinski definition) is 2. The maximum Gasteiger partial charge on any atom is 0.317 e. The normalized spacial score (nSPS) is 18.1. The van der Waals surface area contributed by atoms with Crippen LogP contribution in [0.25, 0.3) is 10.9 Å². The second-order valence-corrected chi connectivity index (χ2v) is 6.90. The molecule has 5 nitrogen and oxygen atoms in total. The van der Waals surface area contributed by atoms with E-state index in [0.717, 1.165) is 25.8 Å². The quantitative estimate of drug-likeness (QED) is 0.905. The number of piperidine rings is 1. The molecule has 1 unspecified atom stereocenters. The van der Waals surface area contributed by atoms with Crippen LogP contribution in [0.3, 0.4) is 0 Å². The number of aryl methyl sites for hydroxylation is 2. The van der Waals surface area contributed by atoms with Gasteiger partial charge in [0.2, 0.25) is 0 Å². The van der Waals surface area contributed by atoms with Gasteiger partial charge in [0.15, 0.2) is 0 Å². The molecular weight excluding hydrogens is 302 g/mol. The van der Waals surface area contributed by atoms with E-state index in [-0.39, 0.29) is 18.6 Å². The van der Waals surface area contributed by atoms with E-state index in [2.05, 4.69) is 48.3 Å². The molecule has 2 amide bonds. The fourth-order valence-corrected chi connectivity index (χ4v) is 3.59. The summed E-state index contributed by atoms with van der Waals surface area (Å²) < 4.78 is 2.15. The van der Waals surface area contributed by atoms with Gasteiger partial charge in [-0.2, -0.15) is 0 Å². The molecule has 0 bridgehead atoms. The Morgan fingerprint density at radius 1 is 1.42 bits per heavy atom. The average Bonchev–Trinajstić information content (AvgIpc) is 2.90. The first-order valence-corrected chi connectivity index (χ1v) is 8.76. The minimum Gasteiger partial charge on any atom is -0.396 e. The third-order valence-electron chi connectivity index (χ3n) is 4.96. The van der Waals surface area contributed by atoms with E-state index in [9.17, 15) is 9.90 Å². The van der Waals surface area contributed by atoms with Crippen LogP contribution in [-0.2, 0) is 13.5 Å². The molecule has 5 heteroatoms. The summed E-state index contributed by atoms with van der Waals surface area (Å²) in [6.07, 6.45) is 4.96. The van der Waals surface area contributed by atoms with Crippen LogP contribution in [0.4, 0.5) is 4.79 Å². The lowest BCUT2D eigenvalue weighted by atomic mass is 9.99. The number of hydrogen-bond acceptors (Lipinski definition) is 2. The Morgan fingerprint density at radius 3 is 3.04 bits per heavy atom. The van der Waals surface area contributed by atoms with Crippen LogP contribution in [0.5, 0.6) is 0 Å². The van der Waals surface area contributed by atoms with Crippen LogP contribution < -0.4 is 5.32 Å². The first kappa shape index (κ1) is 16.8. The number of nitrogens with one attached hydrogen (secondary N) is 1. The highest BCUT2D eigenvalue weighted by molar-refractivity contribution is 5.84. The van der Waals surface area contributed by atoms with Gasteiger partial charge in [-0.3, -0.25) is 0 Å². The Kier molecular flexibility index (Phi) is 5.09. The number of aromatic nitrogens is 1. The lowest BCUT2D eigenvalue weighted by molar-refractivity contribution is 0.129. The van der Waals surface area contributed by atoms with Crippen LogP contribution in [-0.4, -0.2) is 46.8 Å². The maximum absolute atomic E-state index is 12.3. The van der Waals surface area contributed by atoms with Gasteiger partial charge in [0.25, 0.3) is 0 Å². The topological polar surface area (TPSA) is 57.5 Å². The fraction of sp³-hybridized carbons (Fsp3) is 0.526. The number of benzene rings is 1. The molecule has 1 aromatic heterocycles. The number of rotatable bonds is 4. The highest BCUT2D eigenvalue weighted by atomic mass is 16.3. The molecule has 2 heterocycles. The van der Waals surface area contributed by atoms with Crippen molar-refractivity contribution >= 4 is 16.9 Å². The van der Waals surface area contributed by atoms with Gasteiger partial charge in [-0.15, -0.1) is 0 Å². The molecule has 1 fully saturated rings. The van der Waals surface area contributed by atoms with Gasteiger partial charge in [-0.05, 0) is 49.3 Å². The predicted octanol–water partition coefficient (Wildman–Crippen LogP) is 2.44. The molecule has 3 rings (SSSR count). The lowest BCUT2D eigenvalue weighted by Crippen LogP contribution is -2.46. The standard InChI is InChI=1S/C19H27N3O2/c1-14-5-6-17-16(12-21(2)18(17)10-14)7-8-20-19(24)22-9-3-4-15(11-22)13-23/h5-6,10,12,15,23H,3-4,7-9,11,13H2,1-2H3,(H,20,24). The SMILES string of the molecule is Cc1ccc2c(CCNC(=O)N3CCCC(CO)C3)cn(C)c2c1. The van der Waals surface area contributed by atoms with Crippen molar-refractivity contribution < 1.29 is 9.90 Å². The molecule has 0 radical (unpaired) electrons. The average molecular weight is 329 g/mol. The van der Waals surface area contributed by atoms with E-state index >= 15 is 0 Å². The van der Waals surface area contributed by atoms with Crippen molar-refractivity contribution in [2.75, 3.05) is 26.2 Å². The molecular formula is C19H27N3O2. The number of nitrogens with zero attached hydrogens (tertiary/aromatic N) is 2. The van der Waals surface area contributed by atoms with Gasteiger partial charge in [0.05, 0.1) is 0 Å². The first-order valence-electron chi connectivity index (χ1n) is 8.76. The van der Waals surface area contributed by atoms with E-state index in [0.29, 0.717) is 13.1 Å². The summed E-state index contributed by atoms with van der Waals surface area (Å²) in [6.45, 7) is 4.35. The third kappa shape index (κ3) is 3.56. The van der Waals surface area contributed by atoms with Crippen LogP contribution >= 0.6 is 0 Å². The molecule has 130 valence electrons. The Labute approximate surface area is 143 Å². The first-order chi connectivity index (χ1) is 11.6. The highest BCUT2D eigenvalue weighted by Gasteiger charge is 2.22. The number of amides is 2. The summed E-state index contributed by atoms with van der Waals surface area (Å²) in [5.41, 5.74) is 3.75. The second kappa shape index (κ2) is 7.26. The summed E-state index contributed by atoms with van der Waals surface area (Å²) >= 11 is 0. The number of urea groups is 1. The molecule has 1 aliphatic heterocycles. The number of aliphatic hydroxyl groups is 1. The van der Waals surface area contributed by atoms with E-state index in [1.807, 2.05) is 4.90 Å². The molecule has 1 aromatic carbocycles. The smallest absolute Gasteiger partial charge is 0.317 e. The van der Waals surface area contributed by atoms with Crippen molar-refractivity contribution in [2.45, 2.75) is 26.2 Å². The van der Waals surface area contributed by atoms with E-state index in [1.165, 1.54) is 22.0 Å². The van der Waals surface area contributed by atoms with Crippen molar-refractivity contribution in [3.8, 4) is 0 Å². The van der Waals surface area contributed by atoms with Crippen LogP contribution in [0.15, 0.2) is 24.4 Å². The fourth-order valence-electron chi connectivity index (χ4n) is 3.59. The zero-order valence-corrected chi connectivity index (χ0v) is 14.6. The van der Waals surface area contributed by atoms with Gasteiger partial charge in [-0.1, -0.05) is 12.1 Å².